The summed E-state index contributed by atoms with van der Waals surface area (Å²) in [6.07, 6.45) is 2.97. The minimum atomic E-state index is -0.606. The van der Waals surface area contributed by atoms with Crippen LogP contribution in [0, 0.1) is 11.2 Å². The number of carbonyl (C=O) groups excluding carboxylic acids is 1. The van der Waals surface area contributed by atoms with Gasteiger partial charge in [-0.2, -0.15) is 0 Å². The van der Waals surface area contributed by atoms with Crippen molar-refractivity contribution in [3.63, 3.8) is 0 Å². The standard InChI is InChI=1S/C20H25BN2O4/c1-20(2)26-16-6-8-25-17(18(16)27-20)11-23-19(24)14-3-4-15-10-21(12-22)7-5-13(15)9-14/h3-4,9,16-18H,5-8,10-11H2,1-2H3,(H,23,24). The summed E-state index contributed by atoms with van der Waals surface area (Å²) in [5.74, 6) is 1.63. The van der Waals surface area contributed by atoms with Gasteiger partial charge in [0.25, 0.3) is 12.6 Å². The lowest BCUT2D eigenvalue weighted by Gasteiger charge is -2.31. The molecular formula is C20H25BN2O4. The molecule has 2 fully saturated rings. The van der Waals surface area contributed by atoms with Crippen molar-refractivity contribution in [2.75, 3.05) is 13.2 Å². The Hall–Kier alpha value is -1.88. The molecule has 3 unspecified atom stereocenters. The van der Waals surface area contributed by atoms with Gasteiger partial charge < -0.3 is 19.5 Å². The van der Waals surface area contributed by atoms with E-state index in [4.69, 9.17) is 19.5 Å². The van der Waals surface area contributed by atoms with Gasteiger partial charge in [0.05, 0.1) is 6.10 Å². The quantitative estimate of drug-likeness (QED) is 0.825. The summed E-state index contributed by atoms with van der Waals surface area (Å²) in [4.78, 5) is 12.6. The number of hydrogen-bond donors (Lipinski definition) is 1. The number of nitriles is 1. The first-order chi connectivity index (χ1) is 12.9. The highest BCUT2D eigenvalue weighted by Crippen LogP contribution is 2.35. The number of nitrogens with one attached hydrogen (secondary N) is 1. The summed E-state index contributed by atoms with van der Waals surface area (Å²) >= 11 is 0. The third-order valence-corrected chi connectivity index (χ3v) is 5.67. The first kappa shape index (κ1) is 18.5. The maximum absolute atomic E-state index is 12.6. The van der Waals surface area contributed by atoms with Gasteiger partial charge in [-0.15, -0.1) is 0 Å². The van der Waals surface area contributed by atoms with Gasteiger partial charge in [0.15, 0.2) is 5.79 Å². The van der Waals surface area contributed by atoms with Gasteiger partial charge in [0.1, 0.15) is 12.2 Å². The molecule has 0 bridgehead atoms. The highest BCUT2D eigenvalue weighted by Gasteiger charge is 2.47. The second-order valence-corrected chi connectivity index (χ2v) is 8.10. The number of hydrogen-bond acceptors (Lipinski definition) is 5. The van der Waals surface area contributed by atoms with Gasteiger partial charge in [-0.3, -0.25) is 4.79 Å². The van der Waals surface area contributed by atoms with Crippen molar-refractivity contribution < 1.29 is 19.0 Å². The number of ether oxygens (including phenoxy) is 3. The van der Waals surface area contributed by atoms with Crippen LogP contribution in [0.4, 0.5) is 0 Å². The van der Waals surface area contributed by atoms with E-state index in [1.165, 1.54) is 11.1 Å². The molecular weight excluding hydrogens is 343 g/mol. The fourth-order valence-electron chi connectivity index (χ4n) is 4.31. The van der Waals surface area contributed by atoms with Crippen molar-refractivity contribution in [2.45, 2.75) is 63.4 Å². The largest absolute Gasteiger partial charge is 0.373 e. The van der Waals surface area contributed by atoms with E-state index >= 15 is 0 Å². The number of nitrogens with zero attached hydrogens (tertiary/aromatic N) is 1. The second kappa shape index (κ2) is 7.27. The molecule has 142 valence electrons. The van der Waals surface area contributed by atoms with Crippen LogP contribution in [0.2, 0.25) is 6.32 Å². The zero-order valence-electron chi connectivity index (χ0n) is 15.9. The zero-order valence-corrected chi connectivity index (χ0v) is 15.9. The Morgan fingerprint density at radius 1 is 1.37 bits per heavy atom. The molecule has 0 spiro atoms. The number of fused-ring (bicyclic) bond motifs is 2. The van der Waals surface area contributed by atoms with Crippen molar-refractivity contribution in [1.29, 1.82) is 5.26 Å². The van der Waals surface area contributed by atoms with Gasteiger partial charge in [0.2, 0.25) is 0 Å². The van der Waals surface area contributed by atoms with E-state index < -0.39 is 5.79 Å². The molecule has 1 aromatic rings. The van der Waals surface area contributed by atoms with E-state index in [0.717, 1.165) is 25.5 Å². The molecule has 0 saturated carbocycles. The molecule has 0 radical (unpaired) electrons. The van der Waals surface area contributed by atoms with Crippen LogP contribution in [0.3, 0.4) is 0 Å². The fraction of sp³-hybridized carbons (Fsp3) is 0.600. The van der Waals surface area contributed by atoms with E-state index in [9.17, 15) is 4.79 Å². The summed E-state index contributed by atoms with van der Waals surface area (Å²) in [6.45, 7) is 4.91. The van der Waals surface area contributed by atoms with Crippen LogP contribution in [-0.4, -0.2) is 49.9 Å². The molecule has 3 atom stereocenters. The number of amides is 1. The summed E-state index contributed by atoms with van der Waals surface area (Å²) in [7, 11) is 0. The molecule has 6 nitrogen and oxygen atoms in total. The van der Waals surface area contributed by atoms with Gasteiger partial charge in [0, 0.05) is 24.7 Å². The highest BCUT2D eigenvalue weighted by molar-refractivity contribution is 6.66. The maximum Gasteiger partial charge on any atom is 0.272 e. The van der Waals surface area contributed by atoms with Crippen LogP contribution < -0.4 is 5.32 Å². The lowest BCUT2D eigenvalue weighted by atomic mass is 9.42. The molecule has 3 heterocycles. The normalized spacial score (nSPS) is 28.8. The Kier molecular flexibility index (Phi) is 4.98. The van der Waals surface area contributed by atoms with E-state index in [-0.39, 0.29) is 30.9 Å². The van der Waals surface area contributed by atoms with Gasteiger partial charge >= 0.3 is 0 Å². The second-order valence-electron chi connectivity index (χ2n) is 8.10. The third-order valence-electron chi connectivity index (χ3n) is 5.67. The van der Waals surface area contributed by atoms with Crippen LogP contribution in [0.1, 0.15) is 41.8 Å². The van der Waals surface area contributed by atoms with Crippen molar-refractivity contribution in [3.05, 3.63) is 34.9 Å². The smallest absolute Gasteiger partial charge is 0.272 e. The van der Waals surface area contributed by atoms with Crippen molar-refractivity contribution >= 4 is 12.6 Å². The summed E-state index contributed by atoms with van der Waals surface area (Å²) < 4.78 is 17.7. The molecule has 1 aromatic carbocycles. The summed E-state index contributed by atoms with van der Waals surface area (Å²) in [6, 6.07) is 5.79. The van der Waals surface area contributed by atoms with Crippen LogP contribution >= 0.6 is 0 Å². The third kappa shape index (κ3) is 3.89. The Balaban J connectivity index is 1.38. The monoisotopic (exact) mass is 368 g/mol. The molecule has 0 aromatic heterocycles. The van der Waals surface area contributed by atoms with Gasteiger partial charge in [-0.25, -0.2) is 5.26 Å². The fourth-order valence-corrected chi connectivity index (χ4v) is 4.31. The minimum absolute atomic E-state index is 0.0208. The van der Waals surface area contributed by atoms with E-state index in [0.29, 0.717) is 18.7 Å². The molecule has 1 amide bonds. The Morgan fingerprint density at radius 2 is 2.22 bits per heavy atom. The van der Waals surface area contributed by atoms with Crippen molar-refractivity contribution in [3.8, 4) is 5.97 Å². The highest BCUT2D eigenvalue weighted by atomic mass is 16.8. The predicted molar refractivity (Wildman–Crippen MR) is 101 cm³/mol. The van der Waals surface area contributed by atoms with Gasteiger partial charge in [-0.1, -0.05) is 17.9 Å². The maximum atomic E-state index is 12.6. The first-order valence-corrected chi connectivity index (χ1v) is 9.72. The zero-order chi connectivity index (χ0) is 19.0. The average molecular weight is 368 g/mol. The summed E-state index contributed by atoms with van der Waals surface area (Å²) in [5, 5.41) is 12.1. The Morgan fingerprint density at radius 3 is 3.04 bits per heavy atom. The molecule has 7 heteroatoms. The number of benzene rings is 1. The Bertz CT molecular complexity index is 776. The minimum Gasteiger partial charge on any atom is -0.373 e. The molecule has 1 N–H and O–H groups in total. The van der Waals surface area contributed by atoms with Gasteiger partial charge in [-0.05, 0) is 50.7 Å². The van der Waals surface area contributed by atoms with Crippen LogP contribution in [0.25, 0.3) is 0 Å². The van der Waals surface area contributed by atoms with Crippen LogP contribution in [0.15, 0.2) is 18.2 Å². The van der Waals surface area contributed by atoms with Crippen molar-refractivity contribution in [2.24, 2.45) is 0 Å². The molecule has 3 aliphatic rings. The SMILES string of the molecule is CC1(C)OC2CCOC(CNC(=O)c3ccc4c(c3)CCB(C#N)C4)C2O1. The molecule has 0 aliphatic carbocycles. The molecule has 4 rings (SSSR count). The predicted octanol–water partition coefficient (Wildman–Crippen LogP) is 1.92. The van der Waals surface area contributed by atoms with Crippen molar-refractivity contribution in [1.82, 2.24) is 5.32 Å². The average Bonchev–Trinajstić information content (AvgIpc) is 2.99. The molecule has 2 saturated heterocycles. The number of aryl methyl sites for hydroxylation is 1. The van der Waals surface area contributed by atoms with Crippen LogP contribution in [-0.2, 0) is 27.0 Å². The number of rotatable bonds is 3. The molecule has 27 heavy (non-hydrogen) atoms. The first-order valence-electron chi connectivity index (χ1n) is 9.72. The van der Waals surface area contributed by atoms with Crippen LogP contribution in [0.5, 0.6) is 0 Å². The summed E-state index contributed by atoms with van der Waals surface area (Å²) in [5.41, 5.74) is 3.01. The topological polar surface area (TPSA) is 80.6 Å². The number of carbonyl (C=O) groups is 1. The lowest BCUT2D eigenvalue weighted by Crippen LogP contribution is -2.48. The van der Waals surface area contributed by atoms with E-state index in [2.05, 4.69) is 11.3 Å². The lowest BCUT2D eigenvalue weighted by molar-refractivity contribution is -0.153. The van der Waals surface area contributed by atoms with E-state index in [1.54, 1.807) is 0 Å². The van der Waals surface area contributed by atoms with E-state index in [1.807, 2.05) is 32.0 Å². The Labute approximate surface area is 160 Å². The molecule has 3 aliphatic heterocycles.